The lowest BCUT2D eigenvalue weighted by Crippen LogP contribution is -2.36. The van der Waals surface area contributed by atoms with Crippen LogP contribution in [0.2, 0.25) is 0 Å². The van der Waals surface area contributed by atoms with E-state index in [9.17, 15) is 17.5 Å². The van der Waals surface area contributed by atoms with Crippen LogP contribution in [0.15, 0.2) is 60.7 Å². The van der Waals surface area contributed by atoms with Crippen molar-refractivity contribution >= 4 is 22.5 Å². The average Bonchev–Trinajstić information content (AvgIpc) is 2.52. The molecule has 0 saturated heterocycles. The van der Waals surface area contributed by atoms with E-state index in [1.807, 2.05) is 12.1 Å². The zero-order valence-corrected chi connectivity index (χ0v) is 13.1. The largest absolute Gasteiger partial charge is 0.294 e. The van der Waals surface area contributed by atoms with E-state index in [1.54, 1.807) is 48.5 Å². The smallest absolute Gasteiger partial charge is 0.232 e. The first-order valence-corrected chi connectivity index (χ1v) is 8.63. The Kier molecular flexibility index (Phi) is 6.37. The summed E-state index contributed by atoms with van der Waals surface area (Å²) in [6.07, 6.45) is 0. The van der Waals surface area contributed by atoms with E-state index in [0.29, 0.717) is 0 Å². The summed E-state index contributed by atoms with van der Waals surface area (Å²) in [5.74, 6) is 0. The van der Waals surface area contributed by atoms with Crippen molar-refractivity contribution in [1.82, 2.24) is 9.44 Å². The first-order chi connectivity index (χ1) is 10.6. The number of rotatable bonds is 7. The van der Waals surface area contributed by atoms with Crippen LogP contribution >= 0.6 is 0 Å². The molecule has 6 nitrogen and oxygen atoms in total. The molecule has 22 heavy (non-hydrogen) atoms. The van der Waals surface area contributed by atoms with Crippen molar-refractivity contribution < 1.29 is 17.5 Å². The zero-order chi connectivity index (χ0) is 15.9. The first kappa shape index (κ1) is 16.9. The third kappa shape index (κ3) is 4.80. The Morgan fingerprint density at radius 1 is 0.682 bits per heavy atom. The number of hydrogen-bond donors (Lipinski definition) is 4. The molecule has 2 unspecified atom stereocenters. The van der Waals surface area contributed by atoms with Crippen molar-refractivity contribution in [2.24, 2.45) is 0 Å². The molecule has 2 aromatic carbocycles. The molecule has 118 valence electrons. The third-order valence-electron chi connectivity index (χ3n) is 3.11. The fourth-order valence-corrected chi connectivity index (χ4v) is 3.17. The van der Waals surface area contributed by atoms with Gasteiger partial charge in [0.1, 0.15) is 0 Å². The monoisotopic (exact) mass is 340 g/mol. The summed E-state index contributed by atoms with van der Waals surface area (Å²) in [5, 5.41) is 0. The second-order valence-electron chi connectivity index (χ2n) is 4.51. The normalized spacial score (nSPS) is 16.6. The average molecular weight is 340 g/mol. The molecule has 2 aromatic rings. The molecule has 0 radical (unpaired) electrons. The van der Waals surface area contributed by atoms with Crippen LogP contribution in [0, 0.1) is 0 Å². The molecule has 0 aliphatic carbocycles. The standard InChI is InChI=1S/C14H16N2O4S2/c17-21(18)15-13(11-7-3-1-4-8-11)14(16-22(19)20)12-9-5-2-6-10-12/h1-10,13-16H,(H,17,18)(H,19,20)/t13-,14-/m0/s1. The zero-order valence-electron chi connectivity index (χ0n) is 11.5. The fraction of sp³-hybridized carbons (Fsp3) is 0.143. The molecule has 0 spiro atoms. The highest BCUT2D eigenvalue weighted by Crippen LogP contribution is 2.29. The van der Waals surface area contributed by atoms with Gasteiger partial charge in [-0.2, -0.15) is 0 Å². The molecule has 0 saturated carbocycles. The summed E-state index contributed by atoms with van der Waals surface area (Å²) in [6, 6.07) is 16.6. The lowest BCUT2D eigenvalue weighted by Gasteiger charge is -2.27. The van der Waals surface area contributed by atoms with E-state index in [4.69, 9.17) is 0 Å². The molecule has 0 heterocycles. The minimum atomic E-state index is -2.28. The van der Waals surface area contributed by atoms with E-state index in [-0.39, 0.29) is 0 Å². The predicted octanol–water partition coefficient (Wildman–Crippen LogP) is 1.92. The van der Waals surface area contributed by atoms with Gasteiger partial charge in [-0.3, -0.25) is 9.11 Å². The Hall–Kier alpha value is -1.42. The Morgan fingerprint density at radius 2 is 1.00 bits per heavy atom. The minimum Gasteiger partial charge on any atom is -0.294 e. The van der Waals surface area contributed by atoms with E-state index >= 15 is 0 Å². The molecule has 4 atom stereocenters. The molecule has 4 N–H and O–H groups in total. The lowest BCUT2D eigenvalue weighted by atomic mass is 9.95. The van der Waals surface area contributed by atoms with Crippen molar-refractivity contribution in [3.63, 3.8) is 0 Å². The van der Waals surface area contributed by atoms with Gasteiger partial charge >= 0.3 is 0 Å². The first-order valence-electron chi connectivity index (χ1n) is 6.42. The number of hydrogen-bond acceptors (Lipinski definition) is 2. The summed E-state index contributed by atoms with van der Waals surface area (Å²) < 4.78 is 45.9. The van der Waals surface area contributed by atoms with Gasteiger partial charge in [0.2, 0.25) is 22.5 Å². The molecular formula is C14H16N2O4S2. The predicted molar refractivity (Wildman–Crippen MR) is 86.2 cm³/mol. The van der Waals surface area contributed by atoms with Crippen molar-refractivity contribution in [2.75, 3.05) is 0 Å². The van der Waals surface area contributed by atoms with E-state index in [2.05, 4.69) is 9.44 Å². The Morgan fingerprint density at radius 3 is 1.27 bits per heavy atom. The van der Waals surface area contributed by atoms with Crippen molar-refractivity contribution in [3.8, 4) is 0 Å². The maximum Gasteiger partial charge on any atom is 0.232 e. The maximum atomic E-state index is 11.2. The van der Waals surface area contributed by atoms with Gasteiger partial charge in [0.25, 0.3) is 0 Å². The van der Waals surface area contributed by atoms with Crippen LogP contribution in [-0.4, -0.2) is 17.5 Å². The highest BCUT2D eigenvalue weighted by molar-refractivity contribution is 7.77. The Balaban J connectivity index is 2.43. The second-order valence-corrected chi connectivity index (χ2v) is 5.98. The van der Waals surface area contributed by atoms with Crippen molar-refractivity contribution in [2.45, 2.75) is 12.1 Å². The summed E-state index contributed by atoms with van der Waals surface area (Å²) in [4.78, 5) is 0. The topological polar surface area (TPSA) is 98.7 Å². The molecule has 0 aliphatic rings. The quantitative estimate of drug-likeness (QED) is 0.579. The van der Waals surface area contributed by atoms with Gasteiger partial charge in [-0.1, -0.05) is 60.7 Å². The Labute approximate surface area is 133 Å². The van der Waals surface area contributed by atoms with Crippen LogP contribution in [0.3, 0.4) is 0 Å². The van der Waals surface area contributed by atoms with Gasteiger partial charge in [-0.05, 0) is 11.1 Å². The second kappa shape index (κ2) is 8.28. The van der Waals surface area contributed by atoms with Crippen LogP contribution in [0.4, 0.5) is 0 Å². The van der Waals surface area contributed by atoms with E-state index < -0.39 is 34.6 Å². The molecule has 0 aliphatic heterocycles. The van der Waals surface area contributed by atoms with Gasteiger partial charge in [0.15, 0.2) is 0 Å². The van der Waals surface area contributed by atoms with E-state index in [0.717, 1.165) is 11.1 Å². The van der Waals surface area contributed by atoms with Crippen molar-refractivity contribution in [3.05, 3.63) is 71.8 Å². The summed E-state index contributed by atoms with van der Waals surface area (Å²) >= 11 is -4.55. The molecule has 0 fully saturated rings. The molecule has 0 aromatic heterocycles. The summed E-state index contributed by atoms with van der Waals surface area (Å²) in [6.45, 7) is 0. The summed E-state index contributed by atoms with van der Waals surface area (Å²) in [5.41, 5.74) is 1.44. The minimum absolute atomic E-state index is 0.662. The van der Waals surface area contributed by atoms with Gasteiger partial charge in [-0.15, -0.1) is 0 Å². The highest BCUT2D eigenvalue weighted by Gasteiger charge is 2.27. The number of nitrogens with one attached hydrogen (secondary N) is 2. The van der Waals surface area contributed by atoms with E-state index in [1.165, 1.54) is 0 Å². The van der Waals surface area contributed by atoms with Gasteiger partial charge < -0.3 is 0 Å². The van der Waals surface area contributed by atoms with Gasteiger partial charge in [-0.25, -0.2) is 17.9 Å². The molecule has 8 heteroatoms. The van der Waals surface area contributed by atoms with Gasteiger partial charge in [0.05, 0.1) is 12.1 Å². The maximum absolute atomic E-state index is 11.2. The molecule has 2 rings (SSSR count). The van der Waals surface area contributed by atoms with Crippen LogP contribution in [-0.2, 0) is 22.5 Å². The molecule has 0 bridgehead atoms. The fourth-order valence-electron chi connectivity index (χ4n) is 2.20. The molecular weight excluding hydrogens is 324 g/mol. The van der Waals surface area contributed by atoms with Gasteiger partial charge in [0, 0.05) is 0 Å². The van der Waals surface area contributed by atoms with Crippen LogP contribution in [0.5, 0.6) is 0 Å². The highest BCUT2D eigenvalue weighted by atomic mass is 32.2. The Bertz CT molecular complexity index is 582. The third-order valence-corrected chi connectivity index (χ3v) is 4.02. The molecule has 0 amide bonds. The van der Waals surface area contributed by atoms with Crippen LogP contribution < -0.4 is 9.44 Å². The van der Waals surface area contributed by atoms with Crippen molar-refractivity contribution in [1.29, 1.82) is 0 Å². The van der Waals surface area contributed by atoms with Crippen LogP contribution in [0.25, 0.3) is 0 Å². The lowest BCUT2D eigenvalue weighted by molar-refractivity contribution is 0.451. The number of benzene rings is 2. The van der Waals surface area contributed by atoms with Crippen LogP contribution in [0.1, 0.15) is 23.2 Å². The SMILES string of the molecule is O=S(O)N[C@@H](c1ccccc1)[C@@H](NS(=O)O)c1ccccc1. The summed E-state index contributed by atoms with van der Waals surface area (Å²) in [7, 11) is 0.